The molecule has 4 aromatic rings. The van der Waals surface area contributed by atoms with Crippen molar-refractivity contribution in [1.82, 2.24) is 25.0 Å². The van der Waals surface area contributed by atoms with Crippen LogP contribution in [0.5, 0.6) is 5.75 Å². The Labute approximate surface area is 191 Å². The predicted molar refractivity (Wildman–Crippen MR) is 120 cm³/mol. The van der Waals surface area contributed by atoms with E-state index >= 15 is 0 Å². The molecule has 1 heterocycles. The fourth-order valence-electron chi connectivity index (χ4n) is 2.91. The van der Waals surface area contributed by atoms with Crippen molar-refractivity contribution >= 4 is 40.6 Å². The second-order valence-electron chi connectivity index (χ2n) is 6.61. The van der Waals surface area contributed by atoms with E-state index in [4.69, 9.17) is 4.74 Å². The zero-order valence-electron chi connectivity index (χ0n) is 17.1. The molecule has 0 radical (unpaired) electrons. The molecule has 11 nitrogen and oxygen atoms in total. The molecule has 4 rings (SSSR count). The van der Waals surface area contributed by atoms with Gasteiger partial charge in [-0.15, -0.1) is 10.2 Å². The molecule has 2 N–H and O–H groups in total. The number of carbonyl (C=O) groups is 2. The first-order chi connectivity index (χ1) is 15.9. The number of nitro benzene ring substituents is 1. The summed E-state index contributed by atoms with van der Waals surface area (Å²) < 4.78 is 7.40. The third-order valence-corrected chi connectivity index (χ3v) is 5.24. The van der Waals surface area contributed by atoms with Gasteiger partial charge >= 0.3 is 11.7 Å². The van der Waals surface area contributed by atoms with Crippen molar-refractivity contribution in [3.05, 3.63) is 82.4 Å². The van der Waals surface area contributed by atoms with Crippen LogP contribution in [0.3, 0.4) is 0 Å². The Balaban J connectivity index is 1.40. The summed E-state index contributed by atoms with van der Waals surface area (Å²) in [7, 11) is 1.28. The van der Waals surface area contributed by atoms with Gasteiger partial charge in [0.25, 0.3) is 5.91 Å². The van der Waals surface area contributed by atoms with E-state index in [-0.39, 0.29) is 17.0 Å². The van der Waals surface area contributed by atoms with Crippen molar-refractivity contribution in [3.8, 4) is 11.4 Å². The topological polar surface area (TPSA) is 141 Å². The number of hydrogen-bond acceptors (Lipinski definition) is 8. The average molecular weight is 464 g/mol. The van der Waals surface area contributed by atoms with E-state index < -0.39 is 16.9 Å². The lowest BCUT2D eigenvalue weighted by Crippen LogP contribution is -2.36. The Bertz CT molecular complexity index is 1360. The van der Waals surface area contributed by atoms with E-state index in [1.165, 1.54) is 24.0 Å². The lowest BCUT2D eigenvalue weighted by atomic mass is 10.2. The van der Waals surface area contributed by atoms with Gasteiger partial charge in [-0.2, -0.15) is 4.80 Å². The quantitative estimate of drug-likeness (QED) is 0.251. The number of ether oxygens (including phenoxy) is 1. The number of amides is 3. The lowest BCUT2D eigenvalue weighted by Gasteiger charge is -2.07. The summed E-state index contributed by atoms with van der Waals surface area (Å²) in [6, 6.07) is 17.6. The maximum absolute atomic E-state index is 12.3. The van der Waals surface area contributed by atoms with Crippen LogP contribution in [0.4, 0.5) is 10.5 Å². The molecule has 0 saturated carbocycles. The molecule has 166 valence electrons. The van der Waals surface area contributed by atoms with Gasteiger partial charge in [0.1, 0.15) is 11.0 Å². The summed E-state index contributed by atoms with van der Waals surface area (Å²) >= 11 is 0.980. The Kier molecular flexibility index (Phi) is 6.17. The number of carbonyl (C=O) groups excluding carboxylic acids is 2. The number of para-hydroxylation sites is 1. The molecule has 0 aliphatic heterocycles. The highest BCUT2D eigenvalue weighted by molar-refractivity contribution is 7.98. The zero-order valence-corrected chi connectivity index (χ0v) is 17.9. The first-order valence-electron chi connectivity index (χ1n) is 9.48. The Morgan fingerprint density at radius 2 is 1.79 bits per heavy atom. The number of rotatable bonds is 6. The molecule has 0 bridgehead atoms. The van der Waals surface area contributed by atoms with Crippen LogP contribution in [0.25, 0.3) is 16.7 Å². The lowest BCUT2D eigenvalue weighted by molar-refractivity contribution is -0.385. The van der Waals surface area contributed by atoms with Crippen LogP contribution in [0, 0.1) is 10.1 Å². The molecule has 33 heavy (non-hydrogen) atoms. The average Bonchev–Trinajstić information content (AvgIpc) is 3.26. The van der Waals surface area contributed by atoms with Crippen molar-refractivity contribution in [2.45, 2.75) is 4.90 Å². The molecule has 0 atom stereocenters. The van der Waals surface area contributed by atoms with E-state index in [2.05, 4.69) is 20.2 Å². The molecule has 3 amide bonds. The van der Waals surface area contributed by atoms with Crippen LogP contribution in [0.15, 0.2) is 71.6 Å². The van der Waals surface area contributed by atoms with E-state index in [1.807, 2.05) is 30.3 Å². The van der Waals surface area contributed by atoms with Gasteiger partial charge in [0.15, 0.2) is 5.75 Å². The fourth-order valence-corrected chi connectivity index (χ4v) is 3.48. The van der Waals surface area contributed by atoms with Crippen LogP contribution in [-0.2, 0) is 0 Å². The van der Waals surface area contributed by atoms with Gasteiger partial charge in [-0.05, 0) is 54.4 Å². The first-order valence-corrected chi connectivity index (χ1v) is 10.3. The van der Waals surface area contributed by atoms with Crippen molar-refractivity contribution in [3.63, 3.8) is 0 Å². The van der Waals surface area contributed by atoms with Crippen molar-refractivity contribution < 1.29 is 19.2 Å². The number of aromatic nitrogens is 3. The van der Waals surface area contributed by atoms with Crippen LogP contribution in [0.1, 0.15) is 10.4 Å². The molecule has 0 spiro atoms. The number of hydrogen-bond donors (Lipinski definition) is 2. The van der Waals surface area contributed by atoms with Crippen LogP contribution in [0.2, 0.25) is 0 Å². The second-order valence-corrected chi connectivity index (χ2v) is 7.49. The molecule has 0 saturated heterocycles. The van der Waals surface area contributed by atoms with Gasteiger partial charge in [0.05, 0.1) is 17.7 Å². The van der Waals surface area contributed by atoms with Crippen LogP contribution >= 0.6 is 11.9 Å². The van der Waals surface area contributed by atoms with Crippen molar-refractivity contribution in [2.24, 2.45) is 0 Å². The van der Waals surface area contributed by atoms with Gasteiger partial charge < -0.3 is 4.74 Å². The number of imide groups is 1. The summed E-state index contributed by atoms with van der Waals surface area (Å²) in [4.78, 5) is 37.1. The molecule has 0 unspecified atom stereocenters. The van der Waals surface area contributed by atoms with Crippen LogP contribution < -0.4 is 14.8 Å². The van der Waals surface area contributed by atoms with Gasteiger partial charge in [0, 0.05) is 16.5 Å². The molecule has 0 aliphatic carbocycles. The Morgan fingerprint density at radius 1 is 1.03 bits per heavy atom. The Hall–Kier alpha value is -4.45. The SMILES string of the molecule is COc1ccc(C(=O)NC(=O)NSc2ccc3nn(-c4ccccc4)nc3c2)cc1[N+](=O)[O-]. The second kappa shape index (κ2) is 9.36. The van der Waals surface area contributed by atoms with E-state index in [9.17, 15) is 19.7 Å². The standard InChI is InChI=1S/C21H16N6O5S/c1-32-19-10-7-13(11-18(19)27(30)31)20(28)22-21(29)25-33-15-8-9-16-17(12-15)24-26(23-16)14-5-3-2-4-6-14/h2-12H,1H3,(H2,22,25,28,29). The number of methoxy groups -OCH3 is 1. The summed E-state index contributed by atoms with van der Waals surface area (Å²) in [5.41, 5.74) is 1.70. The molecule has 3 aromatic carbocycles. The molecule has 12 heteroatoms. The first kappa shape index (κ1) is 21.8. The number of nitro groups is 1. The highest BCUT2D eigenvalue weighted by Gasteiger charge is 2.19. The minimum atomic E-state index is -0.792. The van der Waals surface area contributed by atoms with E-state index in [1.54, 1.807) is 18.2 Å². The summed E-state index contributed by atoms with van der Waals surface area (Å²) in [6.07, 6.45) is 0. The third-order valence-electron chi connectivity index (χ3n) is 4.47. The Morgan fingerprint density at radius 3 is 2.52 bits per heavy atom. The van der Waals surface area contributed by atoms with Gasteiger partial charge in [-0.1, -0.05) is 18.2 Å². The largest absolute Gasteiger partial charge is 0.490 e. The van der Waals surface area contributed by atoms with E-state index in [0.717, 1.165) is 23.7 Å². The minimum Gasteiger partial charge on any atom is -0.490 e. The molecule has 0 aliphatic rings. The van der Waals surface area contributed by atoms with Crippen molar-refractivity contribution in [2.75, 3.05) is 7.11 Å². The smallest absolute Gasteiger partial charge is 0.331 e. The molecular formula is C21H16N6O5S. The van der Waals surface area contributed by atoms with Gasteiger partial charge in [0.2, 0.25) is 0 Å². The minimum absolute atomic E-state index is 0.0103. The maximum Gasteiger partial charge on any atom is 0.331 e. The van der Waals surface area contributed by atoms with Crippen molar-refractivity contribution in [1.29, 1.82) is 0 Å². The monoisotopic (exact) mass is 464 g/mol. The summed E-state index contributed by atoms with van der Waals surface area (Å²) in [6.45, 7) is 0. The number of benzene rings is 3. The molecular weight excluding hydrogens is 448 g/mol. The number of urea groups is 1. The maximum atomic E-state index is 12.3. The normalized spacial score (nSPS) is 10.6. The molecule has 1 aromatic heterocycles. The zero-order chi connectivity index (χ0) is 23.4. The fraction of sp³-hybridized carbons (Fsp3) is 0.0476. The van der Waals surface area contributed by atoms with Gasteiger partial charge in [-0.25, -0.2) is 4.79 Å². The van der Waals surface area contributed by atoms with Gasteiger partial charge in [-0.3, -0.25) is 24.9 Å². The predicted octanol–water partition coefficient (Wildman–Crippen LogP) is 3.48. The van der Waals surface area contributed by atoms with E-state index in [0.29, 0.717) is 15.9 Å². The third kappa shape index (κ3) is 4.91. The number of fused-ring (bicyclic) bond motifs is 1. The summed E-state index contributed by atoms with van der Waals surface area (Å²) in [5, 5.41) is 22.1. The highest BCUT2D eigenvalue weighted by Crippen LogP contribution is 2.27. The number of nitrogens with one attached hydrogen (secondary N) is 2. The number of nitrogens with zero attached hydrogens (tertiary/aromatic N) is 4. The highest BCUT2D eigenvalue weighted by atomic mass is 32.2. The molecule has 0 fully saturated rings. The summed E-state index contributed by atoms with van der Waals surface area (Å²) in [5.74, 6) is -0.781. The van der Waals surface area contributed by atoms with Crippen LogP contribution in [-0.4, -0.2) is 39.0 Å².